The lowest BCUT2D eigenvalue weighted by atomic mass is 10.2. The van der Waals surface area contributed by atoms with Crippen LogP contribution in [0.4, 0.5) is 11.5 Å². The average Bonchev–Trinajstić information content (AvgIpc) is 3.14. The number of hydrogen-bond acceptors (Lipinski definition) is 8. The number of nitrogens with zero attached hydrogens (tertiary/aromatic N) is 4. The highest BCUT2D eigenvalue weighted by atomic mass is 32.2. The van der Waals surface area contributed by atoms with Crippen LogP contribution in [0.2, 0.25) is 0 Å². The summed E-state index contributed by atoms with van der Waals surface area (Å²) in [5, 5.41) is 16.4. The Kier molecular flexibility index (Phi) is 4.92. The van der Waals surface area contributed by atoms with E-state index in [1.165, 1.54) is 19.2 Å². The topological polar surface area (TPSA) is 160 Å². The van der Waals surface area contributed by atoms with Gasteiger partial charge in [-0.05, 0) is 48.9 Å². The number of nitrogens with two attached hydrogens (primary N) is 1. The van der Waals surface area contributed by atoms with Gasteiger partial charge >= 0.3 is 0 Å². The number of sulfonamides is 1. The average molecular weight is 435 g/mol. The highest BCUT2D eigenvalue weighted by Gasteiger charge is 2.20. The molecule has 0 radical (unpaired) electrons. The molecule has 2 aromatic carbocycles. The quantitative estimate of drug-likeness (QED) is 0.431. The Morgan fingerprint density at radius 3 is 2.58 bits per heavy atom. The number of ether oxygens (including phenoxy) is 1. The van der Waals surface area contributed by atoms with Crippen LogP contribution in [0.5, 0.6) is 5.88 Å². The second-order valence-corrected chi connectivity index (χ2v) is 8.34. The van der Waals surface area contributed by atoms with Crippen molar-refractivity contribution >= 4 is 32.6 Å². The van der Waals surface area contributed by atoms with Crippen LogP contribution in [0.3, 0.4) is 0 Å². The minimum absolute atomic E-state index is 0.0711. The molecule has 31 heavy (non-hydrogen) atoms. The number of benzene rings is 2. The predicted molar refractivity (Wildman–Crippen MR) is 115 cm³/mol. The lowest BCUT2D eigenvalue weighted by molar-refractivity contribution is 0.403. The summed E-state index contributed by atoms with van der Waals surface area (Å²) in [5.74, 6) is 0.922. The molecule has 0 aliphatic heterocycles. The zero-order valence-electron chi connectivity index (χ0n) is 16.5. The summed E-state index contributed by atoms with van der Waals surface area (Å²) in [4.78, 5) is 8.65. The van der Waals surface area contributed by atoms with Gasteiger partial charge in [-0.2, -0.15) is 15.3 Å². The van der Waals surface area contributed by atoms with E-state index in [1.54, 1.807) is 37.3 Å². The van der Waals surface area contributed by atoms with Gasteiger partial charge in [-0.3, -0.25) is 9.82 Å². The molecule has 156 valence electrons. The number of nitrogen functional groups attached to an aromatic ring is 1. The van der Waals surface area contributed by atoms with Crippen LogP contribution in [0.15, 0.2) is 47.4 Å². The van der Waals surface area contributed by atoms with E-state index < -0.39 is 10.0 Å². The zero-order chi connectivity index (χ0) is 22.2. The van der Waals surface area contributed by atoms with E-state index in [2.05, 4.69) is 24.9 Å². The molecule has 11 heteroatoms. The highest BCUT2D eigenvalue weighted by Crippen LogP contribution is 2.29. The summed E-state index contributed by atoms with van der Waals surface area (Å²) < 4.78 is 33.4. The first kappa shape index (κ1) is 20.1. The Bertz CT molecular complexity index is 1440. The standard InChI is InChI=1S/C20H17N7O3S/c1-11-3-4-13(10-21)15(9-11)31(28,29)27-14-7-5-12(6-8-14)18-23-19-16(17(22)25-26-19)20(24-18)30-2/h3-9,27H,1-2H3,(H3,22,23,24,25,26). The number of aromatic amines is 1. The van der Waals surface area contributed by atoms with Crippen molar-refractivity contribution in [2.24, 2.45) is 0 Å². The van der Waals surface area contributed by atoms with E-state index in [0.717, 1.165) is 5.56 Å². The van der Waals surface area contributed by atoms with E-state index in [9.17, 15) is 13.7 Å². The molecule has 2 heterocycles. The first-order valence-electron chi connectivity index (χ1n) is 9.02. The number of anilines is 2. The smallest absolute Gasteiger partial charge is 0.263 e. The van der Waals surface area contributed by atoms with Crippen molar-refractivity contribution in [3.63, 3.8) is 0 Å². The number of aryl methyl sites for hydroxylation is 1. The predicted octanol–water partition coefficient (Wildman–Crippen LogP) is 2.59. The monoisotopic (exact) mass is 435 g/mol. The van der Waals surface area contributed by atoms with Crippen molar-refractivity contribution in [2.45, 2.75) is 11.8 Å². The molecular weight excluding hydrogens is 418 g/mol. The number of hydrogen-bond donors (Lipinski definition) is 3. The van der Waals surface area contributed by atoms with Crippen LogP contribution < -0.4 is 15.2 Å². The SMILES string of the molecule is COc1nc(-c2ccc(NS(=O)(=O)c3cc(C)ccc3C#N)cc2)nc2n[nH]c(N)c12. The maximum atomic E-state index is 12.8. The van der Waals surface area contributed by atoms with E-state index in [4.69, 9.17) is 10.5 Å². The number of nitrogens with one attached hydrogen (secondary N) is 2. The summed E-state index contributed by atoms with van der Waals surface area (Å²) in [7, 11) is -2.48. The molecule has 0 amide bonds. The third-order valence-electron chi connectivity index (χ3n) is 4.54. The van der Waals surface area contributed by atoms with Crippen molar-refractivity contribution < 1.29 is 13.2 Å². The van der Waals surface area contributed by atoms with Gasteiger partial charge < -0.3 is 10.5 Å². The molecule has 0 fully saturated rings. The summed E-state index contributed by atoms with van der Waals surface area (Å²) in [6, 6.07) is 13.0. The third kappa shape index (κ3) is 3.72. The van der Waals surface area contributed by atoms with Gasteiger partial charge in [0.1, 0.15) is 22.2 Å². The normalized spacial score (nSPS) is 11.3. The molecule has 0 spiro atoms. The van der Waals surface area contributed by atoms with E-state index in [1.807, 2.05) is 6.07 Å². The first-order chi connectivity index (χ1) is 14.8. The Labute approximate surface area is 177 Å². The first-order valence-corrected chi connectivity index (χ1v) is 10.5. The molecule has 0 saturated carbocycles. The van der Waals surface area contributed by atoms with Crippen LogP contribution in [-0.4, -0.2) is 35.7 Å². The summed E-state index contributed by atoms with van der Waals surface area (Å²) in [6.45, 7) is 1.76. The van der Waals surface area contributed by atoms with Crippen LogP contribution in [0.1, 0.15) is 11.1 Å². The zero-order valence-corrected chi connectivity index (χ0v) is 17.4. The minimum Gasteiger partial charge on any atom is -0.480 e. The van der Waals surface area contributed by atoms with Crippen molar-refractivity contribution in [2.75, 3.05) is 17.6 Å². The van der Waals surface area contributed by atoms with Crippen LogP contribution in [0.25, 0.3) is 22.4 Å². The molecular formula is C20H17N7O3S. The number of aromatic nitrogens is 4. The fraction of sp³-hybridized carbons (Fsp3) is 0.100. The van der Waals surface area contributed by atoms with Gasteiger partial charge in [-0.1, -0.05) is 6.07 Å². The van der Waals surface area contributed by atoms with E-state index >= 15 is 0 Å². The molecule has 4 N–H and O–H groups in total. The van der Waals surface area contributed by atoms with Gasteiger partial charge in [0.2, 0.25) is 5.88 Å². The van der Waals surface area contributed by atoms with Gasteiger partial charge in [-0.25, -0.2) is 13.4 Å². The molecule has 0 unspecified atom stereocenters. The fourth-order valence-electron chi connectivity index (χ4n) is 3.03. The highest BCUT2D eigenvalue weighted by molar-refractivity contribution is 7.92. The summed E-state index contributed by atoms with van der Waals surface area (Å²) in [5.41, 5.74) is 7.94. The maximum Gasteiger partial charge on any atom is 0.263 e. The molecule has 0 aliphatic carbocycles. The lowest BCUT2D eigenvalue weighted by Gasteiger charge is -2.11. The maximum absolute atomic E-state index is 12.8. The van der Waals surface area contributed by atoms with Crippen LogP contribution >= 0.6 is 0 Å². The summed E-state index contributed by atoms with van der Waals surface area (Å²) in [6.07, 6.45) is 0. The van der Waals surface area contributed by atoms with E-state index in [-0.39, 0.29) is 16.3 Å². The van der Waals surface area contributed by atoms with Crippen molar-refractivity contribution in [1.29, 1.82) is 5.26 Å². The van der Waals surface area contributed by atoms with Crippen LogP contribution in [-0.2, 0) is 10.0 Å². The van der Waals surface area contributed by atoms with E-state index in [0.29, 0.717) is 33.9 Å². The Balaban J connectivity index is 1.66. The molecule has 4 aromatic rings. The minimum atomic E-state index is -3.94. The van der Waals surface area contributed by atoms with Gasteiger partial charge in [0.25, 0.3) is 10.0 Å². The molecule has 4 rings (SSSR count). The molecule has 0 aliphatic rings. The number of rotatable bonds is 5. The second-order valence-electron chi connectivity index (χ2n) is 6.69. The van der Waals surface area contributed by atoms with Gasteiger partial charge in [0.05, 0.1) is 12.7 Å². The molecule has 2 aromatic heterocycles. The third-order valence-corrected chi connectivity index (χ3v) is 5.97. The van der Waals surface area contributed by atoms with Crippen molar-refractivity contribution in [3.05, 3.63) is 53.6 Å². The molecule has 0 bridgehead atoms. The fourth-order valence-corrected chi connectivity index (χ4v) is 4.33. The molecule has 0 atom stereocenters. The number of H-pyrrole nitrogens is 1. The largest absolute Gasteiger partial charge is 0.480 e. The second kappa shape index (κ2) is 7.58. The number of nitriles is 1. The van der Waals surface area contributed by atoms with Gasteiger partial charge in [0.15, 0.2) is 11.5 Å². The Morgan fingerprint density at radius 1 is 1.16 bits per heavy atom. The van der Waals surface area contributed by atoms with Crippen molar-refractivity contribution in [3.8, 4) is 23.3 Å². The van der Waals surface area contributed by atoms with Gasteiger partial charge in [0, 0.05) is 11.3 Å². The van der Waals surface area contributed by atoms with Crippen molar-refractivity contribution in [1.82, 2.24) is 20.2 Å². The number of fused-ring (bicyclic) bond motifs is 1. The Hall–Kier alpha value is -4.17. The van der Waals surface area contributed by atoms with Crippen LogP contribution in [0, 0.1) is 18.3 Å². The van der Waals surface area contributed by atoms with Gasteiger partial charge in [-0.15, -0.1) is 0 Å². The molecule has 0 saturated heterocycles. The summed E-state index contributed by atoms with van der Waals surface area (Å²) >= 11 is 0. The lowest BCUT2D eigenvalue weighted by Crippen LogP contribution is -2.14. The molecule has 10 nitrogen and oxygen atoms in total. The Morgan fingerprint density at radius 2 is 1.90 bits per heavy atom. The number of methoxy groups -OCH3 is 1.